The van der Waals surface area contributed by atoms with Crippen LogP contribution < -0.4 is 5.32 Å². The Kier molecular flexibility index (Phi) is 6.47. The maximum absolute atomic E-state index is 12.6. The van der Waals surface area contributed by atoms with Crippen molar-refractivity contribution in [2.24, 2.45) is 0 Å². The summed E-state index contributed by atoms with van der Waals surface area (Å²) in [6.07, 6.45) is -0.109. The average molecular weight is 451 g/mol. The van der Waals surface area contributed by atoms with Gasteiger partial charge in [-0.15, -0.1) is 0 Å². The van der Waals surface area contributed by atoms with Crippen molar-refractivity contribution in [2.75, 3.05) is 45.1 Å². The van der Waals surface area contributed by atoms with Crippen LogP contribution in [-0.2, 0) is 11.3 Å². The van der Waals surface area contributed by atoms with Gasteiger partial charge in [-0.1, -0.05) is 18.2 Å². The first-order valence-electron chi connectivity index (χ1n) is 10.8. The van der Waals surface area contributed by atoms with Crippen LogP contribution in [0.3, 0.4) is 0 Å². The Morgan fingerprint density at radius 2 is 1.73 bits per heavy atom. The lowest BCUT2D eigenvalue weighted by molar-refractivity contribution is -0.385. The van der Waals surface area contributed by atoms with Gasteiger partial charge in [-0.05, 0) is 30.8 Å². The van der Waals surface area contributed by atoms with E-state index in [1.165, 1.54) is 18.2 Å². The van der Waals surface area contributed by atoms with Crippen LogP contribution in [0.5, 0.6) is 0 Å². The predicted octanol–water partition coefficient (Wildman–Crippen LogP) is 1.97. The van der Waals surface area contributed by atoms with E-state index in [0.29, 0.717) is 5.69 Å². The van der Waals surface area contributed by atoms with Gasteiger partial charge in [0.05, 0.1) is 10.5 Å². The van der Waals surface area contributed by atoms with Crippen molar-refractivity contribution >= 4 is 29.1 Å². The Labute approximate surface area is 190 Å². The molecule has 3 amide bonds. The van der Waals surface area contributed by atoms with Gasteiger partial charge in [0.2, 0.25) is 5.91 Å². The Bertz CT molecular complexity index is 1090. The van der Waals surface area contributed by atoms with E-state index in [1.54, 1.807) is 0 Å². The first-order valence-corrected chi connectivity index (χ1v) is 10.8. The van der Waals surface area contributed by atoms with Crippen molar-refractivity contribution in [3.05, 3.63) is 69.3 Å². The van der Waals surface area contributed by atoms with Gasteiger partial charge >= 0.3 is 0 Å². The van der Waals surface area contributed by atoms with Crippen molar-refractivity contribution in [1.82, 2.24) is 14.7 Å². The number of nitro groups is 1. The Balaban J connectivity index is 1.31. The number of nitrogens with zero attached hydrogens (tertiary/aromatic N) is 4. The van der Waals surface area contributed by atoms with E-state index in [2.05, 4.69) is 22.2 Å². The fourth-order valence-electron chi connectivity index (χ4n) is 4.07. The number of nitrogens with one attached hydrogen (secondary N) is 1. The summed E-state index contributed by atoms with van der Waals surface area (Å²) in [4.78, 5) is 53.6. The summed E-state index contributed by atoms with van der Waals surface area (Å²) in [5, 5.41) is 14.0. The topological polar surface area (TPSA) is 116 Å². The van der Waals surface area contributed by atoms with E-state index in [4.69, 9.17) is 0 Å². The summed E-state index contributed by atoms with van der Waals surface area (Å²) in [6.45, 7) is 4.85. The summed E-state index contributed by atoms with van der Waals surface area (Å²) in [6, 6.07) is 11.5. The van der Waals surface area contributed by atoms with Crippen LogP contribution in [0.4, 0.5) is 11.4 Å². The van der Waals surface area contributed by atoms with Crippen LogP contribution in [0, 0.1) is 10.1 Å². The van der Waals surface area contributed by atoms with Gasteiger partial charge in [-0.25, -0.2) is 0 Å². The van der Waals surface area contributed by atoms with Crippen molar-refractivity contribution < 1.29 is 19.3 Å². The second kappa shape index (κ2) is 9.47. The molecule has 10 heteroatoms. The summed E-state index contributed by atoms with van der Waals surface area (Å²) < 4.78 is 0. The second-order valence-electron chi connectivity index (χ2n) is 8.29. The van der Waals surface area contributed by atoms with Crippen LogP contribution in [-0.4, -0.2) is 77.1 Å². The van der Waals surface area contributed by atoms with E-state index >= 15 is 0 Å². The van der Waals surface area contributed by atoms with Gasteiger partial charge in [0.25, 0.3) is 17.5 Å². The van der Waals surface area contributed by atoms with Crippen molar-refractivity contribution in [2.45, 2.75) is 13.0 Å². The minimum atomic E-state index is -0.747. The highest BCUT2D eigenvalue weighted by atomic mass is 16.6. The molecule has 0 bridgehead atoms. The number of anilines is 1. The highest BCUT2D eigenvalue weighted by molar-refractivity contribution is 6.23. The number of carbonyl (C=O) groups excluding carboxylic acids is 3. The molecule has 0 radical (unpaired) electrons. The van der Waals surface area contributed by atoms with E-state index in [1.807, 2.05) is 24.3 Å². The SMILES string of the molecule is CN1CCN(Cc2ccc(NC(=O)CCN3C(=O)c4cccc([N+](=O)[O-])c4C3=O)cc2)CC1. The number of piperazine rings is 1. The lowest BCUT2D eigenvalue weighted by Crippen LogP contribution is -2.43. The minimum absolute atomic E-state index is 0.00875. The molecule has 4 rings (SSSR count). The van der Waals surface area contributed by atoms with E-state index in [9.17, 15) is 24.5 Å². The molecule has 0 unspecified atom stereocenters. The van der Waals surface area contributed by atoms with Gasteiger partial charge in [-0.2, -0.15) is 0 Å². The molecular formula is C23H25N5O5. The predicted molar refractivity (Wildman–Crippen MR) is 121 cm³/mol. The van der Waals surface area contributed by atoms with Crippen molar-refractivity contribution in [3.8, 4) is 0 Å². The van der Waals surface area contributed by atoms with Crippen LogP contribution >= 0.6 is 0 Å². The fraction of sp³-hybridized carbons (Fsp3) is 0.348. The average Bonchev–Trinajstić information content (AvgIpc) is 3.05. The molecule has 2 aromatic rings. The normalized spacial score (nSPS) is 16.7. The number of fused-ring (bicyclic) bond motifs is 1. The number of hydrogen-bond acceptors (Lipinski definition) is 7. The highest BCUT2D eigenvalue weighted by Gasteiger charge is 2.40. The molecule has 1 fully saturated rings. The first-order chi connectivity index (χ1) is 15.8. The summed E-state index contributed by atoms with van der Waals surface area (Å²) in [5.41, 5.74) is 1.15. The number of carbonyl (C=O) groups is 3. The third-order valence-corrected chi connectivity index (χ3v) is 5.98. The number of likely N-dealkylation sites (N-methyl/N-ethyl adjacent to an activating group) is 1. The largest absolute Gasteiger partial charge is 0.326 e. The van der Waals surface area contributed by atoms with E-state index in [-0.39, 0.29) is 30.0 Å². The number of hydrogen-bond donors (Lipinski definition) is 1. The quantitative estimate of drug-likeness (QED) is 0.389. The van der Waals surface area contributed by atoms with E-state index < -0.39 is 22.4 Å². The molecule has 2 heterocycles. The summed E-state index contributed by atoms with van der Waals surface area (Å²) >= 11 is 0. The third kappa shape index (κ3) is 4.91. The lowest BCUT2D eigenvalue weighted by Gasteiger charge is -2.32. The molecule has 0 saturated carbocycles. The van der Waals surface area contributed by atoms with Gasteiger partial charge in [0.15, 0.2) is 0 Å². The minimum Gasteiger partial charge on any atom is -0.326 e. The molecule has 2 aliphatic rings. The monoisotopic (exact) mass is 451 g/mol. The maximum atomic E-state index is 12.6. The molecule has 1 saturated heterocycles. The zero-order chi connectivity index (χ0) is 23.5. The lowest BCUT2D eigenvalue weighted by atomic mass is 10.1. The molecule has 33 heavy (non-hydrogen) atoms. The zero-order valence-electron chi connectivity index (χ0n) is 18.3. The number of imide groups is 1. The van der Waals surface area contributed by atoms with Gasteiger partial charge in [0.1, 0.15) is 5.56 Å². The molecule has 0 aromatic heterocycles. The number of benzene rings is 2. The Morgan fingerprint density at radius 1 is 1.03 bits per heavy atom. The summed E-state index contributed by atoms with van der Waals surface area (Å²) in [5.74, 6) is -1.73. The molecule has 10 nitrogen and oxygen atoms in total. The second-order valence-corrected chi connectivity index (χ2v) is 8.29. The standard InChI is InChI=1S/C23H25N5O5/c1-25-11-13-26(14-12-25)15-16-5-7-17(8-6-16)24-20(29)9-10-27-22(30)18-3-2-4-19(28(32)33)21(18)23(27)31/h2-8H,9-15H2,1H3,(H,24,29). The molecule has 2 aliphatic heterocycles. The zero-order valence-corrected chi connectivity index (χ0v) is 18.3. The Hall–Kier alpha value is -3.63. The number of rotatable bonds is 7. The first kappa shape index (κ1) is 22.6. The third-order valence-electron chi connectivity index (χ3n) is 5.98. The molecule has 0 aliphatic carbocycles. The highest BCUT2D eigenvalue weighted by Crippen LogP contribution is 2.30. The van der Waals surface area contributed by atoms with Crippen LogP contribution in [0.1, 0.15) is 32.7 Å². The molecule has 0 spiro atoms. The van der Waals surface area contributed by atoms with Gasteiger partial charge in [-0.3, -0.25) is 34.3 Å². The molecular weight excluding hydrogens is 426 g/mol. The molecule has 2 aromatic carbocycles. The summed E-state index contributed by atoms with van der Waals surface area (Å²) in [7, 11) is 2.12. The number of nitro benzene ring substituents is 1. The van der Waals surface area contributed by atoms with Crippen molar-refractivity contribution in [3.63, 3.8) is 0 Å². The number of amides is 3. The van der Waals surface area contributed by atoms with Gasteiger partial charge in [0, 0.05) is 57.4 Å². The Morgan fingerprint density at radius 3 is 2.39 bits per heavy atom. The molecule has 172 valence electrons. The molecule has 0 atom stereocenters. The van der Waals surface area contributed by atoms with Crippen LogP contribution in [0.25, 0.3) is 0 Å². The van der Waals surface area contributed by atoms with E-state index in [0.717, 1.165) is 43.2 Å². The van der Waals surface area contributed by atoms with Crippen LogP contribution in [0.15, 0.2) is 42.5 Å². The smallest absolute Gasteiger partial charge is 0.282 e. The van der Waals surface area contributed by atoms with Crippen molar-refractivity contribution in [1.29, 1.82) is 0 Å². The van der Waals surface area contributed by atoms with Gasteiger partial charge < -0.3 is 10.2 Å². The maximum Gasteiger partial charge on any atom is 0.282 e. The fourth-order valence-corrected chi connectivity index (χ4v) is 4.07. The molecule has 1 N–H and O–H groups in total. The van der Waals surface area contributed by atoms with Crippen LogP contribution in [0.2, 0.25) is 0 Å².